The van der Waals surface area contributed by atoms with E-state index in [2.05, 4.69) is 169 Å². The monoisotopic (exact) mass is 752 g/mol. The van der Waals surface area contributed by atoms with Crippen LogP contribution in [0.4, 0.5) is 0 Å². The molecule has 0 fully saturated rings. The summed E-state index contributed by atoms with van der Waals surface area (Å²) in [6, 6.07) is 66.2. The standard InChI is InChI=1S/C54H32N4O/c1-4-14-41-33(10-1)21-26-36-12-7-17-42(49(36)41)34-22-27-37(28-23-34)51-56-52(58-53(57-51)47-19-8-18-45-46-20-9-31-55-54(46)59-50(45)47)38-29-24-35(25-30-38)48-32-39-11-2-3-13-40(39)43-15-5-6-16-44(43)48/h1-32H. The van der Waals surface area contributed by atoms with E-state index in [1.54, 1.807) is 6.20 Å². The van der Waals surface area contributed by atoms with Crippen LogP contribution in [0.25, 0.3) is 122 Å². The van der Waals surface area contributed by atoms with Gasteiger partial charge in [-0.25, -0.2) is 19.9 Å². The molecule has 3 aromatic heterocycles. The Morgan fingerprint density at radius 3 is 1.64 bits per heavy atom. The first-order valence-electron chi connectivity index (χ1n) is 19.8. The molecule has 0 N–H and O–H groups in total. The zero-order valence-electron chi connectivity index (χ0n) is 31.7. The van der Waals surface area contributed by atoms with Gasteiger partial charge in [-0.2, -0.15) is 0 Å². The van der Waals surface area contributed by atoms with E-state index in [1.807, 2.05) is 24.3 Å². The van der Waals surface area contributed by atoms with Crippen molar-refractivity contribution >= 4 is 65.2 Å². The topological polar surface area (TPSA) is 64.7 Å². The minimum Gasteiger partial charge on any atom is -0.437 e. The summed E-state index contributed by atoms with van der Waals surface area (Å²) in [6.07, 6.45) is 1.75. The first-order valence-corrected chi connectivity index (χ1v) is 19.8. The third kappa shape index (κ3) is 5.47. The highest BCUT2D eigenvalue weighted by atomic mass is 16.3. The number of benzene rings is 9. The molecule has 0 unspecified atom stereocenters. The summed E-state index contributed by atoms with van der Waals surface area (Å²) in [4.78, 5) is 19.9. The van der Waals surface area contributed by atoms with E-state index >= 15 is 0 Å². The molecule has 0 aliphatic heterocycles. The van der Waals surface area contributed by atoms with Gasteiger partial charge in [0.15, 0.2) is 17.5 Å². The molecule has 0 aliphatic carbocycles. The average Bonchev–Trinajstić information content (AvgIpc) is 3.70. The summed E-state index contributed by atoms with van der Waals surface area (Å²) in [5.74, 6) is 1.69. The van der Waals surface area contributed by atoms with Crippen molar-refractivity contribution in [2.45, 2.75) is 0 Å². The molecule has 5 nitrogen and oxygen atoms in total. The number of aromatic nitrogens is 4. The Bertz CT molecular complexity index is 3540. The van der Waals surface area contributed by atoms with E-state index in [9.17, 15) is 0 Å². The zero-order valence-corrected chi connectivity index (χ0v) is 31.7. The van der Waals surface area contributed by atoms with E-state index in [0.717, 1.165) is 38.6 Å². The molecule has 0 spiro atoms. The summed E-state index contributed by atoms with van der Waals surface area (Å²) in [6.45, 7) is 0. The molecular formula is C54H32N4O. The van der Waals surface area contributed by atoms with Gasteiger partial charge in [-0.3, -0.25) is 0 Å². The number of rotatable bonds is 5. The molecule has 0 aliphatic rings. The maximum absolute atomic E-state index is 6.38. The van der Waals surface area contributed by atoms with Crippen LogP contribution in [-0.4, -0.2) is 19.9 Å². The third-order valence-corrected chi connectivity index (χ3v) is 11.6. The number of hydrogen-bond acceptors (Lipinski definition) is 5. The summed E-state index contributed by atoms with van der Waals surface area (Å²) in [5.41, 5.74) is 8.47. The van der Waals surface area contributed by atoms with Gasteiger partial charge in [-0.1, -0.05) is 164 Å². The summed E-state index contributed by atoms with van der Waals surface area (Å²) in [5, 5.41) is 11.8. The molecule has 12 aromatic rings. The Morgan fingerprint density at radius 2 is 0.864 bits per heavy atom. The van der Waals surface area contributed by atoms with E-state index in [1.165, 1.54) is 54.2 Å². The number of para-hydroxylation sites is 1. The van der Waals surface area contributed by atoms with Gasteiger partial charge in [0.1, 0.15) is 5.58 Å². The number of nitrogens with zero attached hydrogens (tertiary/aromatic N) is 4. The number of pyridine rings is 1. The first-order chi connectivity index (χ1) is 29.2. The minimum atomic E-state index is 0.531. The van der Waals surface area contributed by atoms with E-state index in [4.69, 9.17) is 19.4 Å². The molecule has 274 valence electrons. The molecule has 9 aromatic carbocycles. The van der Waals surface area contributed by atoms with Crippen molar-refractivity contribution in [2.24, 2.45) is 0 Å². The molecule has 5 heteroatoms. The molecule has 3 heterocycles. The summed E-state index contributed by atoms with van der Waals surface area (Å²) in [7, 11) is 0. The van der Waals surface area contributed by atoms with E-state index in [-0.39, 0.29) is 0 Å². The van der Waals surface area contributed by atoms with Gasteiger partial charge < -0.3 is 4.42 Å². The number of hydrogen-bond donors (Lipinski definition) is 0. The molecule has 12 rings (SSSR count). The van der Waals surface area contributed by atoms with Crippen molar-refractivity contribution in [2.75, 3.05) is 0 Å². The fourth-order valence-electron chi connectivity index (χ4n) is 8.75. The molecule has 0 atom stereocenters. The van der Waals surface area contributed by atoms with Crippen LogP contribution in [0.3, 0.4) is 0 Å². The van der Waals surface area contributed by atoms with Crippen LogP contribution >= 0.6 is 0 Å². The predicted molar refractivity (Wildman–Crippen MR) is 242 cm³/mol. The van der Waals surface area contributed by atoms with Gasteiger partial charge in [0.05, 0.1) is 5.56 Å². The molecule has 0 bridgehead atoms. The maximum atomic E-state index is 6.38. The SMILES string of the molecule is c1ccc2c(c1)cc(-c1ccc(-c3nc(-c4ccc(-c5cccc6ccc7ccccc7c56)cc4)nc(-c4cccc5c4oc4ncccc45)n3)cc1)c1ccccc12. The largest absolute Gasteiger partial charge is 0.437 e. The Morgan fingerprint density at radius 1 is 0.322 bits per heavy atom. The van der Waals surface area contributed by atoms with Crippen molar-refractivity contribution in [1.29, 1.82) is 0 Å². The average molecular weight is 753 g/mol. The van der Waals surface area contributed by atoms with Gasteiger partial charge in [-0.15, -0.1) is 0 Å². The number of fused-ring (bicyclic) bond motifs is 9. The van der Waals surface area contributed by atoms with Crippen molar-refractivity contribution in [3.8, 4) is 56.4 Å². The van der Waals surface area contributed by atoms with Crippen molar-refractivity contribution < 1.29 is 4.42 Å². The fourth-order valence-corrected chi connectivity index (χ4v) is 8.75. The normalized spacial score (nSPS) is 11.7. The van der Waals surface area contributed by atoms with E-state index < -0.39 is 0 Å². The molecule has 0 amide bonds. The minimum absolute atomic E-state index is 0.531. The van der Waals surface area contributed by atoms with E-state index in [0.29, 0.717) is 28.8 Å². The molecule has 0 saturated carbocycles. The van der Waals surface area contributed by atoms with Crippen LogP contribution in [0.2, 0.25) is 0 Å². The van der Waals surface area contributed by atoms with Crippen LogP contribution in [0.1, 0.15) is 0 Å². The smallest absolute Gasteiger partial charge is 0.227 e. The predicted octanol–water partition coefficient (Wildman–Crippen LogP) is 14.1. The van der Waals surface area contributed by atoms with Gasteiger partial charge >= 0.3 is 0 Å². The molecule has 0 radical (unpaired) electrons. The quantitative estimate of drug-likeness (QED) is 0.164. The summed E-state index contributed by atoms with van der Waals surface area (Å²) >= 11 is 0. The molecular weight excluding hydrogens is 721 g/mol. The van der Waals surface area contributed by atoms with Crippen LogP contribution in [0, 0.1) is 0 Å². The highest BCUT2D eigenvalue weighted by Gasteiger charge is 2.19. The highest BCUT2D eigenvalue weighted by Crippen LogP contribution is 2.39. The van der Waals surface area contributed by atoms with Crippen LogP contribution in [-0.2, 0) is 0 Å². The third-order valence-electron chi connectivity index (χ3n) is 11.6. The van der Waals surface area contributed by atoms with Crippen molar-refractivity contribution in [1.82, 2.24) is 19.9 Å². The zero-order chi connectivity index (χ0) is 38.9. The highest BCUT2D eigenvalue weighted by molar-refractivity contribution is 6.15. The lowest BCUT2D eigenvalue weighted by molar-refractivity contribution is 0.654. The fraction of sp³-hybridized carbons (Fsp3) is 0. The summed E-state index contributed by atoms with van der Waals surface area (Å²) < 4.78 is 6.38. The van der Waals surface area contributed by atoms with Crippen molar-refractivity contribution in [3.63, 3.8) is 0 Å². The Kier molecular flexibility index (Phi) is 7.47. The van der Waals surface area contributed by atoms with Gasteiger partial charge in [0.2, 0.25) is 5.71 Å². The lowest BCUT2D eigenvalue weighted by Crippen LogP contribution is -2.00. The molecule has 0 saturated heterocycles. The first kappa shape index (κ1) is 33.2. The Labute approximate surface area is 338 Å². The van der Waals surface area contributed by atoms with Gasteiger partial charge in [-0.05, 0) is 89.6 Å². The lowest BCUT2D eigenvalue weighted by atomic mass is 9.93. The second-order valence-electron chi connectivity index (χ2n) is 15.0. The van der Waals surface area contributed by atoms with Crippen LogP contribution < -0.4 is 0 Å². The number of furan rings is 1. The Balaban J connectivity index is 1.00. The van der Waals surface area contributed by atoms with Gasteiger partial charge in [0.25, 0.3) is 0 Å². The Hall–Kier alpha value is -8.02. The van der Waals surface area contributed by atoms with Crippen LogP contribution in [0.15, 0.2) is 199 Å². The lowest BCUT2D eigenvalue weighted by Gasteiger charge is -2.13. The van der Waals surface area contributed by atoms with Gasteiger partial charge in [0, 0.05) is 28.1 Å². The van der Waals surface area contributed by atoms with Crippen LogP contribution in [0.5, 0.6) is 0 Å². The molecule has 59 heavy (non-hydrogen) atoms. The second-order valence-corrected chi connectivity index (χ2v) is 15.0. The second kappa shape index (κ2) is 13.3. The maximum Gasteiger partial charge on any atom is 0.227 e. The van der Waals surface area contributed by atoms with Crippen molar-refractivity contribution in [3.05, 3.63) is 194 Å².